The lowest BCUT2D eigenvalue weighted by atomic mass is 9.80. The van der Waals surface area contributed by atoms with E-state index in [2.05, 4.69) is 33.2 Å². The summed E-state index contributed by atoms with van der Waals surface area (Å²) in [5.41, 5.74) is 3.98. The van der Waals surface area contributed by atoms with Crippen LogP contribution in [-0.4, -0.2) is 62.5 Å². The van der Waals surface area contributed by atoms with Crippen LogP contribution in [0.2, 0.25) is 0 Å². The minimum atomic E-state index is -0.491. The SMILES string of the molecule is CC(C)(C)OC(=O)N1CCN(c2ccc3ncc(-c4cnn(C5CC(/C=C/C#N)C5)c4)nc3c2)CC1. The minimum Gasteiger partial charge on any atom is -0.444 e. The number of benzene rings is 1. The molecule has 2 fully saturated rings. The molecule has 1 amide bonds. The number of carbonyl (C=O) groups is 1. The molecule has 36 heavy (non-hydrogen) atoms. The van der Waals surface area contributed by atoms with Crippen molar-refractivity contribution in [1.82, 2.24) is 24.6 Å². The molecule has 1 saturated heterocycles. The fourth-order valence-electron chi connectivity index (χ4n) is 4.66. The van der Waals surface area contributed by atoms with Crippen molar-refractivity contribution in [2.75, 3.05) is 31.1 Å². The highest BCUT2D eigenvalue weighted by atomic mass is 16.6. The van der Waals surface area contributed by atoms with Crippen molar-refractivity contribution >= 4 is 22.8 Å². The van der Waals surface area contributed by atoms with Crippen molar-refractivity contribution in [2.45, 2.75) is 45.3 Å². The molecule has 0 bridgehead atoms. The molecule has 0 atom stereocenters. The van der Waals surface area contributed by atoms with Crippen molar-refractivity contribution < 1.29 is 9.53 Å². The van der Waals surface area contributed by atoms with Gasteiger partial charge < -0.3 is 14.5 Å². The molecule has 9 nitrogen and oxygen atoms in total. The zero-order valence-electron chi connectivity index (χ0n) is 21.0. The van der Waals surface area contributed by atoms with E-state index >= 15 is 0 Å². The molecule has 0 spiro atoms. The third-order valence-electron chi connectivity index (χ3n) is 6.69. The summed E-state index contributed by atoms with van der Waals surface area (Å²) in [5.74, 6) is 0.451. The third-order valence-corrected chi connectivity index (χ3v) is 6.69. The van der Waals surface area contributed by atoms with Crippen LogP contribution in [0.5, 0.6) is 0 Å². The molecule has 2 aromatic heterocycles. The predicted octanol–water partition coefficient (Wildman–Crippen LogP) is 4.58. The lowest BCUT2D eigenvalue weighted by molar-refractivity contribution is 0.0240. The van der Waals surface area contributed by atoms with Crippen molar-refractivity contribution in [1.29, 1.82) is 5.26 Å². The van der Waals surface area contributed by atoms with E-state index in [1.165, 1.54) is 0 Å². The van der Waals surface area contributed by atoms with E-state index in [0.717, 1.165) is 53.9 Å². The van der Waals surface area contributed by atoms with Crippen molar-refractivity contribution in [3.63, 3.8) is 0 Å². The number of carbonyl (C=O) groups excluding carboxylic acids is 1. The fraction of sp³-hybridized carbons (Fsp3) is 0.444. The summed E-state index contributed by atoms with van der Waals surface area (Å²) in [6.07, 6.45) is 10.9. The third kappa shape index (κ3) is 5.18. The van der Waals surface area contributed by atoms with Gasteiger partial charge in [-0.25, -0.2) is 9.78 Å². The largest absolute Gasteiger partial charge is 0.444 e. The summed E-state index contributed by atoms with van der Waals surface area (Å²) in [6.45, 7) is 8.35. The smallest absolute Gasteiger partial charge is 0.410 e. The maximum atomic E-state index is 12.4. The van der Waals surface area contributed by atoms with Crippen LogP contribution in [-0.2, 0) is 4.74 Å². The number of nitriles is 1. The second kappa shape index (κ2) is 9.61. The monoisotopic (exact) mass is 485 g/mol. The van der Waals surface area contributed by atoms with Crippen molar-refractivity contribution in [3.05, 3.63) is 48.9 Å². The van der Waals surface area contributed by atoms with Crippen LogP contribution in [0.3, 0.4) is 0 Å². The van der Waals surface area contributed by atoms with E-state index in [1.807, 2.05) is 50.0 Å². The van der Waals surface area contributed by atoms with Crippen molar-refractivity contribution in [2.24, 2.45) is 5.92 Å². The maximum absolute atomic E-state index is 12.4. The van der Waals surface area contributed by atoms with E-state index in [9.17, 15) is 4.79 Å². The van der Waals surface area contributed by atoms with Gasteiger partial charge in [-0.05, 0) is 57.7 Å². The number of allylic oxidation sites excluding steroid dienone is 2. The van der Waals surface area contributed by atoms with Gasteiger partial charge in [0, 0.05) is 49.7 Å². The van der Waals surface area contributed by atoms with Crippen LogP contribution in [0.15, 0.2) is 48.9 Å². The molecule has 0 radical (unpaired) electrons. The molecule has 1 saturated carbocycles. The van der Waals surface area contributed by atoms with Gasteiger partial charge in [0.25, 0.3) is 0 Å². The zero-order valence-corrected chi connectivity index (χ0v) is 21.0. The number of piperazine rings is 1. The van der Waals surface area contributed by atoms with Crippen molar-refractivity contribution in [3.8, 4) is 17.3 Å². The van der Waals surface area contributed by atoms with Gasteiger partial charge >= 0.3 is 6.09 Å². The van der Waals surface area contributed by atoms with Crippen LogP contribution in [0, 0.1) is 17.2 Å². The molecule has 2 aliphatic rings. The molecule has 3 aromatic rings. The van der Waals surface area contributed by atoms with Crippen LogP contribution in [0.1, 0.15) is 39.7 Å². The lowest BCUT2D eigenvalue weighted by Gasteiger charge is -2.36. The van der Waals surface area contributed by atoms with Gasteiger partial charge in [0.05, 0.1) is 41.2 Å². The van der Waals surface area contributed by atoms with E-state index in [1.54, 1.807) is 17.2 Å². The number of anilines is 1. The molecule has 0 N–H and O–H groups in total. The average Bonchev–Trinajstić information content (AvgIpc) is 3.31. The Morgan fingerprint density at radius 3 is 2.64 bits per heavy atom. The van der Waals surface area contributed by atoms with Gasteiger partial charge in [0.15, 0.2) is 0 Å². The number of ether oxygens (including phenoxy) is 1. The Labute approximate surface area is 211 Å². The number of hydrogen-bond acceptors (Lipinski definition) is 7. The molecular formula is C27H31N7O2. The summed E-state index contributed by atoms with van der Waals surface area (Å²) >= 11 is 0. The molecule has 0 unspecified atom stereocenters. The maximum Gasteiger partial charge on any atom is 0.410 e. The normalized spacial score (nSPS) is 20.4. The van der Waals surface area contributed by atoms with Gasteiger partial charge in [0.1, 0.15) is 5.60 Å². The molecule has 5 rings (SSSR count). The first-order valence-electron chi connectivity index (χ1n) is 12.4. The second-order valence-corrected chi connectivity index (χ2v) is 10.5. The average molecular weight is 486 g/mol. The summed E-state index contributed by atoms with van der Waals surface area (Å²) in [5, 5.41) is 13.2. The first-order valence-corrected chi connectivity index (χ1v) is 12.4. The van der Waals surface area contributed by atoms with E-state index in [0.29, 0.717) is 25.0 Å². The summed E-state index contributed by atoms with van der Waals surface area (Å²) < 4.78 is 7.51. The second-order valence-electron chi connectivity index (χ2n) is 10.5. The summed E-state index contributed by atoms with van der Waals surface area (Å²) in [6, 6.07) is 8.53. The molecule has 3 heterocycles. The Kier molecular flexibility index (Phi) is 6.35. The Bertz CT molecular complexity index is 1320. The van der Waals surface area contributed by atoms with Crippen LogP contribution in [0.25, 0.3) is 22.3 Å². The number of nitrogens with zero attached hydrogens (tertiary/aromatic N) is 7. The fourth-order valence-corrected chi connectivity index (χ4v) is 4.66. The summed E-state index contributed by atoms with van der Waals surface area (Å²) in [4.78, 5) is 25.9. The highest BCUT2D eigenvalue weighted by Gasteiger charge is 2.29. The number of fused-ring (bicyclic) bond motifs is 1. The summed E-state index contributed by atoms with van der Waals surface area (Å²) in [7, 11) is 0. The Morgan fingerprint density at radius 2 is 1.92 bits per heavy atom. The standard InChI is InChI=1S/C27H31N7O2/c1-27(2,3)36-26(35)33-11-9-32(10-12-33)21-6-7-23-24(15-21)31-25(17-29-23)20-16-30-34(18-20)22-13-19(14-22)5-4-8-28/h4-7,15-19,22H,9-14H2,1-3H3/b5-4+. The lowest BCUT2D eigenvalue weighted by Crippen LogP contribution is -2.50. The number of rotatable bonds is 4. The Balaban J connectivity index is 1.26. The van der Waals surface area contributed by atoms with Gasteiger partial charge in [-0.3, -0.25) is 9.67 Å². The quantitative estimate of drug-likeness (QED) is 0.499. The van der Waals surface area contributed by atoms with Crippen LogP contribution >= 0.6 is 0 Å². The Morgan fingerprint density at radius 1 is 1.14 bits per heavy atom. The Hall–Kier alpha value is -3.93. The predicted molar refractivity (Wildman–Crippen MR) is 137 cm³/mol. The first kappa shape index (κ1) is 23.8. The minimum absolute atomic E-state index is 0.257. The van der Waals surface area contributed by atoms with Gasteiger partial charge in [-0.2, -0.15) is 10.4 Å². The van der Waals surface area contributed by atoms with Gasteiger partial charge in [-0.1, -0.05) is 6.08 Å². The topological polar surface area (TPSA) is 100 Å². The zero-order chi connectivity index (χ0) is 25.3. The molecule has 186 valence electrons. The molecule has 1 aliphatic carbocycles. The number of amides is 1. The molecule has 9 heteroatoms. The van der Waals surface area contributed by atoms with Gasteiger partial charge in [0.2, 0.25) is 0 Å². The van der Waals surface area contributed by atoms with Crippen LogP contribution < -0.4 is 4.90 Å². The molecule has 1 aromatic carbocycles. The molecule has 1 aliphatic heterocycles. The van der Waals surface area contributed by atoms with E-state index in [-0.39, 0.29) is 6.09 Å². The van der Waals surface area contributed by atoms with Gasteiger partial charge in [-0.15, -0.1) is 0 Å². The van der Waals surface area contributed by atoms with E-state index < -0.39 is 5.60 Å². The van der Waals surface area contributed by atoms with E-state index in [4.69, 9.17) is 15.0 Å². The molecular weight excluding hydrogens is 454 g/mol. The highest BCUT2D eigenvalue weighted by Crippen LogP contribution is 2.38. The number of aromatic nitrogens is 4. The first-order chi connectivity index (χ1) is 17.3. The highest BCUT2D eigenvalue weighted by molar-refractivity contribution is 5.81. The number of hydrogen-bond donors (Lipinski definition) is 0. The van der Waals surface area contributed by atoms with Crippen LogP contribution in [0.4, 0.5) is 10.5 Å².